The summed E-state index contributed by atoms with van der Waals surface area (Å²) in [4.78, 5) is 0. The van der Waals surface area contributed by atoms with Crippen LogP contribution in [-0.4, -0.2) is 4.40 Å². The normalized spacial score (nSPS) is 11.4. The van der Waals surface area contributed by atoms with Crippen LogP contribution in [0.1, 0.15) is 12.5 Å². The average Bonchev–Trinajstić information content (AvgIpc) is 2.50. The van der Waals surface area contributed by atoms with E-state index in [0.29, 0.717) is 0 Å². The Morgan fingerprint density at radius 1 is 1.17 bits per heavy atom. The van der Waals surface area contributed by atoms with E-state index in [9.17, 15) is 0 Å². The predicted octanol–water partition coefficient (Wildman–Crippen LogP) is 2.97. The van der Waals surface area contributed by atoms with Crippen molar-refractivity contribution in [1.29, 1.82) is 0 Å². The van der Waals surface area contributed by atoms with E-state index < -0.39 is 0 Å². The van der Waals surface area contributed by atoms with Crippen LogP contribution in [0.5, 0.6) is 0 Å². The summed E-state index contributed by atoms with van der Waals surface area (Å²) in [7, 11) is 0. The first-order valence-corrected chi connectivity index (χ1v) is 4.10. The van der Waals surface area contributed by atoms with E-state index in [0.717, 1.165) is 0 Å². The molecule has 1 heteroatoms. The number of hydrogen-bond donors (Lipinski definition) is 0. The largest absolute Gasteiger partial charge is 0.323 e. The van der Waals surface area contributed by atoms with E-state index in [1.54, 1.807) is 0 Å². The molecule has 0 aromatic carbocycles. The van der Waals surface area contributed by atoms with Crippen LogP contribution in [0.4, 0.5) is 0 Å². The van der Waals surface area contributed by atoms with E-state index in [4.69, 9.17) is 0 Å². The summed E-state index contributed by atoms with van der Waals surface area (Å²) in [5.74, 6) is 0. The smallest absolute Gasteiger partial charge is 0.0522 e. The molecule has 0 radical (unpaired) electrons. The molecule has 0 aliphatic heterocycles. The third-order valence-corrected chi connectivity index (χ3v) is 1.95. The second kappa shape index (κ2) is 2.86. The lowest BCUT2D eigenvalue weighted by molar-refractivity contribution is 1.20. The summed E-state index contributed by atoms with van der Waals surface area (Å²) in [5, 5.41) is 0. The van der Waals surface area contributed by atoms with Gasteiger partial charge < -0.3 is 4.40 Å². The van der Waals surface area contributed by atoms with Gasteiger partial charge in [0.1, 0.15) is 0 Å². The minimum atomic E-state index is 1.26. The molecule has 1 nitrogen and oxygen atoms in total. The maximum absolute atomic E-state index is 2.12. The van der Waals surface area contributed by atoms with Gasteiger partial charge in [0.05, 0.1) is 5.52 Å². The van der Waals surface area contributed by atoms with E-state index in [1.807, 2.05) is 13.0 Å². The van der Waals surface area contributed by atoms with Crippen molar-refractivity contribution in [2.45, 2.75) is 6.92 Å². The minimum Gasteiger partial charge on any atom is -0.323 e. The molecule has 0 saturated carbocycles. The second-order valence-electron chi connectivity index (χ2n) is 2.76. The van der Waals surface area contributed by atoms with E-state index in [1.165, 1.54) is 11.1 Å². The SMILES string of the molecule is C/C=C\c1ccn2ccccc12. The number of nitrogens with zero attached hydrogens (tertiary/aromatic N) is 1. The van der Waals surface area contributed by atoms with Crippen molar-refractivity contribution in [3.8, 4) is 0 Å². The van der Waals surface area contributed by atoms with Crippen LogP contribution in [0.2, 0.25) is 0 Å². The third kappa shape index (κ3) is 1.03. The first-order valence-electron chi connectivity index (χ1n) is 4.10. The molecule has 2 aromatic rings. The molecule has 2 rings (SSSR count). The Morgan fingerprint density at radius 3 is 2.92 bits per heavy atom. The van der Waals surface area contributed by atoms with Crippen molar-refractivity contribution in [2.75, 3.05) is 0 Å². The fraction of sp³-hybridized carbons (Fsp3) is 0.0909. The Kier molecular flexibility index (Phi) is 1.71. The molecule has 60 valence electrons. The van der Waals surface area contributed by atoms with Gasteiger partial charge in [-0.25, -0.2) is 0 Å². The number of allylic oxidation sites excluding steroid dienone is 1. The molecule has 0 N–H and O–H groups in total. The van der Waals surface area contributed by atoms with E-state index >= 15 is 0 Å². The van der Waals surface area contributed by atoms with Crippen molar-refractivity contribution < 1.29 is 0 Å². The van der Waals surface area contributed by atoms with Crippen molar-refractivity contribution in [2.24, 2.45) is 0 Å². The van der Waals surface area contributed by atoms with Gasteiger partial charge in [0.25, 0.3) is 0 Å². The van der Waals surface area contributed by atoms with Crippen molar-refractivity contribution in [1.82, 2.24) is 4.40 Å². The molecular weight excluding hydrogens is 146 g/mol. The van der Waals surface area contributed by atoms with Crippen LogP contribution in [0.15, 0.2) is 42.7 Å². The van der Waals surface area contributed by atoms with E-state index in [-0.39, 0.29) is 0 Å². The highest BCUT2D eigenvalue weighted by atomic mass is 14.8. The van der Waals surface area contributed by atoms with Crippen molar-refractivity contribution >= 4 is 11.6 Å². The van der Waals surface area contributed by atoms with Crippen molar-refractivity contribution in [3.05, 3.63) is 48.3 Å². The summed E-state index contributed by atoms with van der Waals surface area (Å²) < 4.78 is 2.12. The molecule has 0 amide bonds. The Morgan fingerprint density at radius 2 is 2.08 bits per heavy atom. The molecule has 0 aliphatic carbocycles. The Balaban J connectivity index is 2.70. The zero-order valence-corrected chi connectivity index (χ0v) is 7.07. The molecule has 0 unspecified atom stereocenters. The standard InChI is InChI=1S/C11H11N/c1-2-5-10-7-9-12-8-4-3-6-11(10)12/h2-9H,1H3/b5-2-. The van der Waals surface area contributed by atoms with Gasteiger partial charge in [0.2, 0.25) is 0 Å². The quantitative estimate of drug-likeness (QED) is 0.599. The number of hydrogen-bond acceptors (Lipinski definition) is 0. The van der Waals surface area contributed by atoms with Gasteiger partial charge in [-0.05, 0) is 30.7 Å². The third-order valence-electron chi connectivity index (χ3n) is 1.95. The van der Waals surface area contributed by atoms with Crippen LogP contribution >= 0.6 is 0 Å². The Hall–Kier alpha value is -1.50. The average molecular weight is 157 g/mol. The monoisotopic (exact) mass is 157 g/mol. The minimum absolute atomic E-state index is 1.26. The van der Waals surface area contributed by atoms with Crippen LogP contribution < -0.4 is 0 Å². The molecule has 2 aromatic heterocycles. The van der Waals surface area contributed by atoms with Gasteiger partial charge >= 0.3 is 0 Å². The Bertz CT molecular complexity index is 410. The molecule has 0 aliphatic rings. The molecule has 0 fully saturated rings. The number of pyridine rings is 1. The van der Waals surface area contributed by atoms with Crippen molar-refractivity contribution in [3.63, 3.8) is 0 Å². The Labute approximate surface area is 72.0 Å². The predicted molar refractivity (Wildman–Crippen MR) is 52.1 cm³/mol. The fourth-order valence-corrected chi connectivity index (χ4v) is 1.40. The molecule has 12 heavy (non-hydrogen) atoms. The maximum Gasteiger partial charge on any atom is 0.0522 e. The number of rotatable bonds is 1. The lowest BCUT2D eigenvalue weighted by atomic mass is 10.2. The lowest BCUT2D eigenvalue weighted by Crippen LogP contribution is -1.78. The molecule has 0 spiro atoms. The highest BCUT2D eigenvalue weighted by Gasteiger charge is 1.95. The first kappa shape index (κ1) is 7.17. The van der Waals surface area contributed by atoms with Gasteiger partial charge in [-0.15, -0.1) is 0 Å². The highest BCUT2D eigenvalue weighted by Crippen LogP contribution is 2.13. The summed E-state index contributed by atoms with van der Waals surface area (Å²) in [5.41, 5.74) is 2.54. The summed E-state index contributed by atoms with van der Waals surface area (Å²) in [6, 6.07) is 8.33. The summed E-state index contributed by atoms with van der Waals surface area (Å²) in [6.45, 7) is 2.03. The van der Waals surface area contributed by atoms with Gasteiger partial charge in [0, 0.05) is 12.4 Å². The molecule has 0 saturated heterocycles. The van der Waals surface area contributed by atoms with Gasteiger partial charge in [-0.2, -0.15) is 0 Å². The van der Waals surface area contributed by atoms with Crippen LogP contribution in [0.3, 0.4) is 0 Å². The van der Waals surface area contributed by atoms with Gasteiger partial charge in [-0.1, -0.05) is 18.2 Å². The topological polar surface area (TPSA) is 4.41 Å². The van der Waals surface area contributed by atoms with Crippen LogP contribution in [0, 0.1) is 0 Å². The molecular formula is C11H11N. The van der Waals surface area contributed by atoms with Crippen LogP contribution in [-0.2, 0) is 0 Å². The van der Waals surface area contributed by atoms with Gasteiger partial charge in [-0.3, -0.25) is 0 Å². The maximum atomic E-state index is 2.12. The van der Waals surface area contributed by atoms with E-state index in [2.05, 4.69) is 47.1 Å². The molecule has 2 heterocycles. The van der Waals surface area contributed by atoms with Crippen LogP contribution in [0.25, 0.3) is 11.6 Å². The summed E-state index contributed by atoms with van der Waals surface area (Å²) in [6.07, 6.45) is 8.31. The second-order valence-corrected chi connectivity index (χ2v) is 2.76. The summed E-state index contributed by atoms with van der Waals surface area (Å²) >= 11 is 0. The fourth-order valence-electron chi connectivity index (χ4n) is 1.40. The molecule has 0 atom stereocenters. The molecule has 0 bridgehead atoms. The van der Waals surface area contributed by atoms with Gasteiger partial charge in [0.15, 0.2) is 0 Å². The zero-order valence-electron chi connectivity index (χ0n) is 7.07. The zero-order chi connectivity index (χ0) is 8.39. The number of fused-ring (bicyclic) bond motifs is 1. The number of aromatic nitrogens is 1. The lowest BCUT2D eigenvalue weighted by Gasteiger charge is -1.93. The first-order chi connectivity index (χ1) is 5.92. The highest BCUT2D eigenvalue weighted by molar-refractivity contribution is 5.69.